The van der Waals surface area contributed by atoms with Gasteiger partial charge in [0.05, 0.1) is 18.8 Å². The van der Waals surface area contributed by atoms with E-state index in [1.807, 2.05) is 6.08 Å². The number of carbonyl (C=O) groups excluding carboxylic acids is 1. The molecular formula is C56H107NO4. The molecular weight excluding hydrogens is 751 g/mol. The second-order valence-corrected chi connectivity index (χ2v) is 18.8. The van der Waals surface area contributed by atoms with Crippen molar-refractivity contribution < 1.29 is 20.1 Å². The molecule has 1 amide bonds. The minimum Gasteiger partial charge on any atom is -0.394 e. The molecule has 0 fully saturated rings. The SMILES string of the molecule is CCCCCCCC/C=C/CC/C=C/CC/C=C/C(O)C(CO)NC(=O)C(O)CCCCCCCCCCCCCCCCCCCCCCCCCCCCCCCCC. The van der Waals surface area contributed by atoms with Crippen LogP contribution in [0.25, 0.3) is 0 Å². The lowest BCUT2D eigenvalue weighted by Gasteiger charge is -2.21. The van der Waals surface area contributed by atoms with Crippen LogP contribution in [0.1, 0.15) is 290 Å². The molecule has 0 bridgehead atoms. The highest BCUT2D eigenvalue weighted by molar-refractivity contribution is 5.80. The summed E-state index contributed by atoms with van der Waals surface area (Å²) in [5.41, 5.74) is 0. The quantitative estimate of drug-likeness (QED) is 0.0362. The van der Waals surface area contributed by atoms with E-state index in [0.717, 1.165) is 44.9 Å². The van der Waals surface area contributed by atoms with Crippen molar-refractivity contribution >= 4 is 5.91 Å². The van der Waals surface area contributed by atoms with Crippen LogP contribution in [0.15, 0.2) is 36.5 Å². The van der Waals surface area contributed by atoms with E-state index in [9.17, 15) is 20.1 Å². The van der Waals surface area contributed by atoms with Gasteiger partial charge in [0.15, 0.2) is 0 Å². The molecule has 0 saturated carbocycles. The van der Waals surface area contributed by atoms with Gasteiger partial charge in [-0.15, -0.1) is 0 Å². The number of nitrogens with one attached hydrogen (secondary N) is 1. The maximum atomic E-state index is 12.5. The molecule has 0 aliphatic rings. The first-order chi connectivity index (χ1) is 30.1. The van der Waals surface area contributed by atoms with Crippen LogP contribution < -0.4 is 5.32 Å². The predicted molar refractivity (Wildman–Crippen MR) is 268 cm³/mol. The van der Waals surface area contributed by atoms with E-state index in [-0.39, 0.29) is 6.61 Å². The highest BCUT2D eigenvalue weighted by Gasteiger charge is 2.22. The zero-order chi connectivity index (χ0) is 44.4. The molecule has 0 aromatic rings. The Labute approximate surface area is 381 Å². The third kappa shape index (κ3) is 46.4. The number of aliphatic hydroxyl groups excluding tert-OH is 3. The van der Waals surface area contributed by atoms with Crippen molar-refractivity contribution in [2.75, 3.05) is 6.61 Å². The van der Waals surface area contributed by atoms with Crippen molar-refractivity contribution in [3.05, 3.63) is 36.5 Å². The zero-order valence-electron chi connectivity index (χ0n) is 41.1. The largest absolute Gasteiger partial charge is 0.394 e. The average molecular weight is 858 g/mol. The zero-order valence-corrected chi connectivity index (χ0v) is 41.1. The highest BCUT2D eigenvalue weighted by atomic mass is 16.3. The smallest absolute Gasteiger partial charge is 0.249 e. The molecule has 0 rings (SSSR count). The fourth-order valence-electron chi connectivity index (χ4n) is 8.46. The van der Waals surface area contributed by atoms with Gasteiger partial charge in [-0.05, 0) is 44.9 Å². The highest BCUT2D eigenvalue weighted by Crippen LogP contribution is 2.17. The number of rotatable bonds is 50. The van der Waals surface area contributed by atoms with E-state index in [2.05, 4.69) is 43.5 Å². The topological polar surface area (TPSA) is 89.8 Å². The molecule has 5 heteroatoms. The number of amides is 1. The molecule has 0 spiro atoms. The number of aliphatic hydroxyl groups is 3. The van der Waals surface area contributed by atoms with Gasteiger partial charge in [-0.2, -0.15) is 0 Å². The molecule has 4 N–H and O–H groups in total. The van der Waals surface area contributed by atoms with Gasteiger partial charge < -0.3 is 20.6 Å². The summed E-state index contributed by atoms with van der Waals surface area (Å²) in [6.07, 6.45) is 66.6. The van der Waals surface area contributed by atoms with Crippen molar-refractivity contribution in [3.63, 3.8) is 0 Å². The van der Waals surface area contributed by atoms with Crippen LogP contribution in [0.3, 0.4) is 0 Å². The lowest BCUT2D eigenvalue weighted by atomic mass is 10.0. The molecule has 0 aliphatic carbocycles. The number of hydrogen-bond acceptors (Lipinski definition) is 4. The molecule has 0 aromatic carbocycles. The normalized spacial score (nSPS) is 13.6. The second-order valence-electron chi connectivity index (χ2n) is 18.8. The number of carbonyl (C=O) groups is 1. The Bertz CT molecular complexity index is 947. The van der Waals surface area contributed by atoms with Crippen molar-refractivity contribution in [1.82, 2.24) is 5.32 Å². The summed E-state index contributed by atoms with van der Waals surface area (Å²) in [5, 5.41) is 33.2. The van der Waals surface area contributed by atoms with Crippen LogP contribution >= 0.6 is 0 Å². The molecule has 0 aromatic heterocycles. The monoisotopic (exact) mass is 858 g/mol. The van der Waals surface area contributed by atoms with E-state index >= 15 is 0 Å². The summed E-state index contributed by atoms with van der Waals surface area (Å²) < 4.78 is 0. The van der Waals surface area contributed by atoms with Crippen molar-refractivity contribution in [2.24, 2.45) is 0 Å². The van der Waals surface area contributed by atoms with E-state index in [0.29, 0.717) is 6.42 Å². The van der Waals surface area contributed by atoms with Crippen molar-refractivity contribution in [3.8, 4) is 0 Å². The van der Waals surface area contributed by atoms with E-state index in [1.54, 1.807) is 6.08 Å². The molecule has 0 radical (unpaired) electrons. The fourth-order valence-corrected chi connectivity index (χ4v) is 8.46. The van der Waals surface area contributed by atoms with Crippen LogP contribution in [0.2, 0.25) is 0 Å². The van der Waals surface area contributed by atoms with Gasteiger partial charge in [0.25, 0.3) is 0 Å². The second kappa shape index (κ2) is 51.2. The molecule has 3 atom stereocenters. The Hall–Kier alpha value is -1.43. The van der Waals surface area contributed by atoms with E-state index in [4.69, 9.17) is 0 Å². The lowest BCUT2D eigenvalue weighted by molar-refractivity contribution is -0.131. The molecule has 0 aliphatic heterocycles. The summed E-state index contributed by atoms with van der Waals surface area (Å²) in [4.78, 5) is 12.5. The van der Waals surface area contributed by atoms with Crippen LogP contribution in [0.5, 0.6) is 0 Å². The maximum Gasteiger partial charge on any atom is 0.249 e. The Kier molecular flexibility index (Phi) is 50.0. The summed E-state index contributed by atoms with van der Waals surface area (Å²) in [5.74, 6) is -0.513. The van der Waals surface area contributed by atoms with Gasteiger partial charge in [-0.3, -0.25) is 4.79 Å². The first kappa shape index (κ1) is 59.6. The first-order valence-corrected chi connectivity index (χ1v) is 27.3. The minimum absolute atomic E-state index is 0.379. The first-order valence-electron chi connectivity index (χ1n) is 27.3. The fraction of sp³-hybridized carbons (Fsp3) is 0.875. The summed E-state index contributed by atoms with van der Waals surface area (Å²) in [7, 11) is 0. The molecule has 0 saturated heterocycles. The molecule has 0 heterocycles. The third-order valence-electron chi connectivity index (χ3n) is 12.7. The van der Waals surface area contributed by atoms with Crippen LogP contribution in [-0.4, -0.2) is 46.1 Å². The molecule has 5 nitrogen and oxygen atoms in total. The van der Waals surface area contributed by atoms with Gasteiger partial charge >= 0.3 is 0 Å². The van der Waals surface area contributed by atoms with Gasteiger partial charge in [0.2, 0.25) is 5.91 Å². The number of unbranched alkanes of at least 4 members (excludes halogenated alkanes) is 38. The molecule has 360 valence electrons. The van der Waals surface area contributed by atoms with Gasteiger partial charge in [-0.25, -0.2) is 0 Å². The van der Waals surface area contributed by atoms with E-state index < -0.39 is 24.2 Å². The van der Waals surface area contributed by atoms with Gasteiger partial charge in [0.1, 0.15) is 6.10 Å². The van der Waals surface area contributed by atoms with Crippen LogP contribution in [-0.2, 0) is 4.79 Å². The average Bonchev–Trinajstić information content (AvgIpc) is 3.26. The lowest BCUT2D eigenvalue weighted by Crippen LogP contribution is -2.48. The standard InChI is InChI=1S/C56H107NO4/c1-3-5-7-9-11-13-15-17-19-21-22-23-24-25-26-27-28-29-30-31-32-33-34-35-37-39-41-43-45-47-49-51-55(60)56(61)57-53(52-58)54(59)50-48-46-44-42-40-38-36-20-18-16-14-12-10-8-6-4-2/h18,20,40,42,48,50,53-55,58-60H,3-17,19,21-39,41,43-47,49,51-52H2,1-2H3,(H,57,61)/b20-18+,42-40+,50-48+. The Morgan fingerprint density at radius 1 is 0.393 bits per heavy atom. The van der Waals surface area contributed by atoms with Crippen molar-refractivity contribution in [2.45, 2.75) is 308 Å². The predicted octanol–water partition coefficient (Wildman–Crippen LogP) is 16.7. The number of hydrogen-bond donors (Lipinski definition) is 4. The van der Waals surface area contributed by atoms with Crippen molar-refractivity contribution in [1.29, 1.82) is 0 Å². The summed E-state index contributed by atoms with van der Waals surface area (Å²) in [6, 6.07) is -0.819. The van der Waals surface area contributed by atoms with E-state index in [1.165, 1.54) is 225 Å². The molecule has 61 heavy (non-hydrogen) atoms. The third-order valence-corrected chi connectivity index (χ3v) is 12.7. The summed E-state index contributed by atoms with van der Waals surface area (Å²) in [6.45, 7) is 4.18. The maximum absolute atomic E-state index is 12.5. The Balaban J connectivity index is 3.54. The number of allylic oxidation sites excluding steroid dienone is 5. The molecule has 3 unspecified atom stereocenters. The van der Waals surface area contributed by atoms with Crippen LogP contribution in [0.4, 0.5) is 0 Å². The van der Waals surface area contributed by atoms with Gasteiger partial charge in [0, 0.05) is 0 Å². The Morgan fingerprint density at radius 2 is 0.672 bits per heavy atom. The van der Waals surface area contributed by atoms with Crippen LogP contribution in [0, 0.1) is 0 Å². The minimum atomic E-state index is -1.11. The van der Waals surface area contributed by atoms with Gasteiger partial charge in [-0.1, -0.05) is 281 Å². The summed E-state index contributed by atoms with van der Waals surface area (Å²) >= 11 is 0. The Morgan fingerprint density at radius 3 is 1.00 bits per heavy atom.